The fraction of sp³-hybridized carbons (Fsp3) is 0.385. The Balaban J connectivity index is 2.30. The molecule has 0 saturated heterocycles. The van der Waals surface area contributed by atoms with Crippen molar-refractivity contribution >= 4 is 23.6 Å². The number of carbonyl (C=O) groups excluding carboxylic acids is 1. The summed E-state index contributed by atoms with van der Waals surface area (Å²) in [5.41, 5.74) is 0.844. The number of amides is 2. The Labute approximate surface area is 122 Å². The molecular formula is C13H17ClN2O4. The Morgan fingerprint density at radius 3 is 2.70 bits per heavy atom. The number of rotatable bonds is 7. The van der Waals surface area contributed by atoms with Gasteiger partial charge in [0.1, 0.15) is 5.75 Å². The van der Waals surface area contributed by atoms with Crippen LogP contribution in [0.1, 0.15) is 18.4 Å². The van der Waals surface area contributed by atoms with Crippen molar-refractivity contribution < 1.29 is 19.4 Å². The average molecular weight is 301 g/mol. The summed E-state index contributed by atoms with van der Waals surface area (Å²) in [7, 11) is 1.53. The normalized spacial score (nSPS) is 9.90. The Bertz CT molecular complexity index is 479. The largest absolute Gasteiger partial charge is 0.495 e. The topological polar surface area (TPSA) is 87.7 Å². The lowest BCUT2D eigenvalue weighted by Gasteiger charge is -2.09. The number of methoxy groups -OCH3 is 1. The van der Waals surface area contributed by atoms with Gasteiger partial charge in [0.05, 0.1) is 12.1 Å². The van der Waals surface area contributed by atoms with Crippen molar-refractivity contribution in [1.82, 2.24) is 10.6 Å². The number of urea groups is 1. The molecule has 6 nitrogen and oxygen atoms in total. The predicted octanol–water partition coefficient (Wildman–Crippen LogP) is 2.01. The van der Waals surface area contributed by atoms with Crippen LogP contribution < -0.4 is 15.4 Å². The smallest absolute Gasteiger partial charge is 0.315 e. The first-order chi connectivity index (χ1) is 9.52. The maximum Gasteiger partial charge on any atom is 0.315 e. The van der Waals surface area contributed by atoms with Crippen molar-refractivity contribution in [3.05, 3.63) is 28.8 Å². The standard InChI is InChI=1S/C13H17ClN2O4/c1-20-11-5-4-9(7-10(11)14)8-16-13(19)15-6-2-3-12(17)18/h4-5,7H,2-3,6,8H2,1H3,(H,17,18)(H2,15,16,19). The molecular weight excluding hydrogens is 284 g/mol. The number of nitrogens with one attached hydrogen (secondary N) is 2. The second-order valence-electron chi connectivity index (χ2n) is 4.08. The highest BCUT2D eigenvalue weighted by Gasteiger charge is 2.04. The molecule has 0 fully saturated rings. The van der Waals surface area contributed by atoms with E-state index in [1.807, 2.05) is 0 Å². The van der Waals surface area contributed by atoms with E-state index in [2.05, 4.69) is 10.6 Å². The molecule has 0 atom stereocenters. The lowest BCUT2D eigenvalue weighted by molar-refractivity contribution is -0.137. The van der Waals surface area contributed by atoms with Gasteiger partial charge < -0.3 is 20.5 Å². The van der Waals surface area contributed by atoms with E-state index in [4.69, 9.17) is 21.4 Å². The SMILES string of the molecule is COc1ccc(CNC(=O)NCCCC(=O)O)cc1Cl. The van der Waals surface area contributed by atoms with Crippen LogP contribution in [-0.4, -0.2) is 30.8 Å². The van der Waals surface area contributed by atoms with E-state index in [0.29, 0.717) is 30.3 Å². The van der Waals surface area contributed by atoms with Gasteiger partial charge in [0, 0.05) is 19.5 Å². The van der Waals surface area contributed by atoms with Crippen LogP contribution >= 0.6 is 11.6 Å². The quantitative estimate of drug-likeness (QED) is 0.672. The number of halogens is 1. The summed E-state index contributed by atoms with van der Waals surface area (Å²) in [5, 5.41) is 14.2. The minimum absolute atomic E-state index is 0.0361. The Morgan fingerprint density at radius 2 is 2.10 bits per heavy atom. The van der Waals surface area contributed by atoms with E-state index in [-0.39, 0.29) is 12.5 Å². The third-order valence-electron chi connectivity index (χ3n) is 2.52. The Hall–Kier alpha value is -1.95. The minimum atomic E-state index is -0.875. The first kappa shape index (κ1) is 16.1. The zero-order chi connectivity index (χ0) is 15.0. The second-order valence-corrected chi connectivity index (χ2v) is 4.48. The van der Waals surface area contributed by atoms with Gasteiger partial charge in [-0.3, -0.25) is 4.79 Å². The van der Waals surface area contributed by atoms with Crippen LogP contribution in [0.4, 0.5) is 4.79 Å². The molecule has 0 aliphatic rings. The number of benzene rings is 1. The number of carboxylic acid groups (broad SMARTS) is 1. The first-order valence-electron chi connectivity index (χ1n) is 6.09. The van der Waals surface area contributed by atoms with E-state index in [0.717, 1.165) is 5.56 Å². The molecule has 0 saturated carbocycles. The molecule has 0 radical (unpaired) electrons. The molecule has 0 aromatic heterocycles. The fourth-order valence-electron chi connectivity index (χ4n) is 1.51. The molecule has 3 N–H and O–H groups in total. The van der Waals surface area contributed by atoms with Gasteiger partial charge >= 0.3 is 12.0 Å². The van der Waals surface area contributed by atoms with Gasteiger partial charge in [-0.05, 0) is 24.1 Å². The van der Waals surface area contributed by atoms with E-state index in [1.54, 1.807) is 18.2 Å². The highest BCUT2D eigenvalue weighted by Crippen LogP contribution is 2.24. The van der Waals surface area contributed by atoms with Gasteiger partial charge in [-0.15, -0.1) is 0 Å². The molecule has 1 rings (SSSR count). The zero-order valence-electron chi connectivity index (χ0n) is 11.1. The summed E-state index contributed by atoms with van der Waals surface area (Å²) >= 11 is 5.97. The van der Waals surface area contributed by atoms with Crippen molar-refractivity contribution in [2.45, 2.75) is 19.4 Å². The lowest BCUT2D eigenvalue weighted by atomic mass is 10.2. The number of carbonyl (C=O) groups is 2. The zero-order valence-corrected chi connectivity index (χ0v) is 11.9. The van der Waals surface area contributed by atoms with Crippen LogP contribution in [0, 0.1) is 0 Å². The minimum Gasteiger partial charge on any atom is -0.495 e. The number of aliphatic carboxylic acids is 1. The Morgan fingerprint density at radius 1 is 1.35 bits per heavy atom. The molecule has 0 bridgehead atoms. The van der Waals surface area contributed by atoms with Gasteiger partial charge in [0.15, 0.2) is 0 Å². The van der Waals surface area contributed by atoms with Crippen LogP contribution in [0.3, 0.4) is 0 Å². The number of hydrogen-bond donors (Lipinski definition) is 3. The summed E-state index contributed by atoms with van der Waals surface area (Å²) in [5.74, 6) is -0.298. The van der Waals surface area contributed by atoms with E-state index >= 15 is 0 Å². The first-order valence-corrected chi connectivity index (χ1v) is 6.46. The van der Waals surface area contributed by atoms with Crippen LogP contribution in [-0.2, 0) is 11.3 Å². The van der Waals surface area contributed by atoms with Crippen molar-refractivity contribution in [2.24, 2.45) is 0 Å². The molecule has 0 heterocycles. The summed E-state index contributed by atoms with van der Waals surface area (Å²) in [4.78, 5) is 21.7. The number of hydrogen-bond acceptors (Lipinski definition) is 3. The van der Waals surface area contributed by atoms with Gasteiger partial charge in [0.25, 0.3) is 0 Å². The molecule has 110 valence electrons. The molecule has 0 unspecified atom stereocenters. The number of carboxylic acids is 1. The number of ether oxygens (including phenoxy) is 1. The fourth-order valence-corrected chi connectivity index (χ4v) is 1.79. The van der Waals surface area contributed by atoms with E-state index < -0.39 is 5.97 Å². The molecule has 7 heteroatoms. The van der Waals surface area contributed by atoms with Gasteiger partial charge in [0.2, 0.25) is 0 Å². The monoisotopic (exact) mass is 300 g/mol. The third kappa shape index (κ3) is 5.79. The van der Waals surface area contributed by atoms with Crippen LogP contribution in [0.15, 0.2) is 18.2 Å². The van der Waals surface area contributed by atoms with Crippen molar-refractivity contribution in [3.8, 4) is 5.75 Å². The summed E-state index contributed by atoms with van der Waals surface area (Å²) < 4.78 is 5.03. The maximum atomic E-state index is 11.4. The second kappa shape index (κ2) is 8.27. The maximum absolute atomic E-state index is 11.4. The van der Waals surface area contributed by atoms with E-state index in [1.165, 1.54) is 7.11 Å². The van der Waals surface area contributed by atoms with E-state index in [9.17, 15) is 9.59 Å². The van der Waals surface area contributed by atoms with Gasteiger partial charge in [-0.1, -0.05) is 17.7 Å². The van der Waals surface area contributed by atoms with Crippen LogP contribution in [0.25, 0.3) is 0 Å². The van der Waals surface area contributed by atoms with Gasteiger partial charge in [-0.2, -0.15) is 0 Å². The Kier molecular flexibility index (Phi) is 6.66. The molecule has 0 aliphatic carbocycles. The third-order valence-corrected chi connectivity index (χ3v) is 2.82. The lowest BCUT2D eigenvalue weighted by Crippen LogP contribution is -2.35. The van der Waals surface area contributed by atoms with Gasteiger partial charge in [-0.25, -0.2) is 4.79 Å². The summed E-state index contributed by atoms with van der Waals surface area (Å²) in [6, 6.07) is 4.90. The molecule has 0 spiro atoms. The molecule has 2 amide bonds. The highest BCUT2D eigenvalue weighted by atomic mass is 35.5. The molecule has 0 aliphatic heterocycles. The van der Waals surface area contributed by atoms with Crippen molar-refractivity contribution in [1.29, 1.82) is 0 Å². The van der Waals surface area contributed by atoms with Crippen molar-refractivity contribution in [3.63, 3.8) is 0 Å². The predicted molar refractivity (Wildman–Crippen MR) is 75.1 cm³/mol. The molecule has 20 heavy (non-hydrogen) atoms. The highest BCUT2D eigenvalue weighted by molar-refractivity contribution is 6.32. The summed E-state index contributed by atoms with van der Waals surface area (Å²) in [6.45, 7) is 0.649. The van der Waals surface area contributed by atoms with Crippen LogP contribution in [0.2, 0.25) is 5.02 Å². The van der Waals surface area contributed by atoms with Crippen molar-refractivity contribution in [2.75, 3.05) is 13.7 Å². The molecule has 1 aromatic rings. The van der Waals surface area contributed by atoms with Crippen LogP contribution in [0.5, 0.6) is 5.75 Å². The summed E-state index contributed by atoms with van der Waals surface area (Å²) in [6.07, 6.45) is 0.436. The average Bonchev–Trinajstić information content (AvgIpc) is 2.41. The molecule has 1 aromatic carbocycles.